The Morgan fingerprint density at radius 3 is 1.41 bits per heavy atom. The SMILES string of the molecule is N=C(N)c1ccc2oc(CCCCCCCCc3cc4cc(C(=N)N)ccc4o3)cc2c1. The van der Waals surface area contributed by atoms with Crippen LogP contribution >= 0.6 is 0 Å². The molecule has 0 aliphatic rings. The number of amidine groups is 2. The summed E-state index contributed by atoms with van der Waals surface area (Å²) in [6.07, 6.45) is 8.91. The molecule has 0 saturated heterocycles. The first-order valence-corrected chi connectivity index (χ1v) is 11.2. The van der Waals surface area contributed by atoms with E-state index in [-0.39, 0.29) is 11.7 Å². The molecule has 6 nitrogen and oxygen atoms in total. The van der Waals surface area contributed by atoms with E-state index in [4.69, 9.17) is 31.1 Å². The van der Waals surface area contributed by atoms with Crippen LogP contribution in [0.15, 0.2) is 57.4 Å². The van der Waals surface area contributed by atoms with Crippen molar-refractivity contribution in [1.82, 2.24) is 0 Å². The molecule has 0 radical (unpaired) electrons. The summed E-state index contributed by atoms with van der Waals surface area (Å²) in [7, 11) is 0. The molecule has 2 aromatic heterocycles. The van der Waals surface area contributed by atoms with Gasteiger partial charge in [0, 0.05) is 34.7 Å². The molecule has 0 spiro atoms. The molecule has 0 saturated carbocycles. The summed E-state index contributed by atoms with van der Waals surface area (Å²) >= 11 is 0. The zero-order chi connectivity index (χ0) is 22.5. The molecule has 0 aliphatic heterocycles. The zero-order valence-electron chi connectivity index (χ0n) is 18.2. The summed E-state index contributed by atoms with van der Waals surface area (Å²) in [5.41, 5.74) is 14.3. The minimum absolute atomic E-state index is 0.0806. The fraction of sp³-hybridized carbons (Fsp3) is 0.308. The van der Waals surface area contributed by atoms with Crippen molar-refractivity contribution in [3.63, 3.8) is 0 Å². The van der Waals surface area contributed by atoms with Crippen molar-refractivity contribution in [2.24, 2.45) is 11.5 Å². The lowest BCUT2D eigenvalue weighted by atomic mass is 10.1. The molecule has 4 rings (SSSR count). The normalized spacial score (nSPS) is 11.4. The number of nitrogens with one attached hydrogen (secondary N) is 2. The third kappa shape index (κ3) is 5.19. The van der Waals surface area contributed by atoms with E-state index in [1.807, 2.05) is 36.4 Å². The van der Waals surface area contributed by atoms with E-state index in [2.05, 4.69) is 12.1 Å². The molecule has 0 amide bonds. The van der Waals surface area contributed by atoms with Gasteiger partial charge in [-0.15, -0.1) is 0 Å². The molecule has 0 atom stereocenters. The van der Waals surface area contributed by atoms with Crippen molar-refractivity contribution in [2.45, 2.75) is 51.4 Å². The zero-order valence-corrected chi connectivity index (χ0v) is 18.2. The van der Waals surface area contributed by atoms with Gasteiger partial charge in [-0.3, -0.25) is 10.8 Å². The number of rotatable bonds is 11. The molecule has 6 heteroatoms. The van der Waals surface area contributed by atoms with Gasteiger partial charge in [0.05, 0.1) is 0 Å². The van der Waals surface area contributed by atoms with Crippen LogP contribution in [0.5, 0.6) is 0 Å². The summed E-state index contributed by atoms with van der Waals surface area (Å²) in [6, 6.07) is 15.4. The van der Waals surface area contributed by atoms with E-state index < -0.39 is 0 Å². The van der Waals surface area contributed by atoms with Crippen LogP contribution < -0.4 is 11.5 Å². The largest absolute Gasteiger partial charge is 0.461 e. The van der Waals surface area contributed by atoms with Gasteiger partial charge in [-0.2, -0.15) is 0 Å². The minimum Gasteiger partial charge on any atom is -0.461 e. The molecule has 2 heterocycles. The molecule has 0 unspecified atom stereocenters. The lowest BCUT2D eigenvalue weighted by Crippen LogP contribution is -2.10. The van der Waals surface area contributed by atoms with Crippen LogP contribution in [0, 0.1) is 10.8 Å². The van der Waals surface area contributed by atoms with Crippen molar-refractivity contribution in [3.8, 4) is 0 Å². The highest BCUT2D eigenvalue weighted by Gasteiger charge is 2.07. The van der Waals surface area contributed by atoms with Gasteiger partial charge in [-0.25, -0.2) is 0 Å². The highest BCUT2D eigenvalue weighted by atomic mass is 16.3. The maximum Gasteiger partial charge on any atom is 0.134 e. The molecular weight excluding hydrogens is 400 g/mol. The predicted octanol–water partition coefficient (Wildman–Crippen LogP) is 5.87. The standard InChI is InChI=1S/C26H30N4O2/c27-25(28)17-9-11-23-19(13-17)15-21(31-23)7-5-3-1-2-4-6-8-22-16-20-14-18(26(29)30)10-12-24(20)32-22/h9-16H,1-8H2,(H3,27,28)(H3,29,30). The lowest BCUT2D eigenvalue weighted by Gasteiger charge is -2.00. The number of nitrogens with two attached hydrogens (primary N) is 2. The number of unbranched alkanes of at least 4 members (excludes halogenated alkanes) is 5. The summed E-state index contributed by atoms with van der Waals surface area (Å²) in [5, 5.41) is 17.1. The van der Waals surface area contributed by atoms with Gasteiger partial charge in [0.15, 0.2) is 0 Å². The predicted molar refractivity (Wildman–Crippen MR) is 130 cm³/mol. The average Bonchev–Trinajstić information content (AvgIpc) is 3.37. The van der Waals surface area contributed by atoms with Gasteiger partial charge >= 0.3 is 0 Å². The Bertz CT molecular complexity index is 1150. The number of fused-ring (bicyclic) bond motifs is 2. The van der Waals surface area contributed by atoms with Crippen LogP contribution in [0.3, 0.4) is 0 Å². The Labute approximate surface area is 187 Å². The Hall–Kier alpha value is -3.54. The summed E-state index contributed by atoms with van der Waals surface area (Å²) < 4.78 is 11.8. The van der Waals surface area contributed by atoms with E-state index in [0.717, 1.165) is 70.3 Å². The summed E-state index contributed by atoms with van der Waals surface area (Å²) in [6.45, 7) is 0. The van der Waals surface area contributed by atoms with Gasteiger partial charge in [-0.05, 0) is 61.4 Å². The van der Waals surface area contributed by atoms with Crippen LogP contribution in [0.4, 0.5) is 0 Å². The van der Waals surface area contributed by atoms with Crippen molar-refractivity contribution in [3.05, 3.63) is 71.2 Å². The third-order valence-corrected chi connectivity index (χ3v) is 5.85. The number of furan rings is 2. The molecule has 32 heavy (non-hydrogen) atoms. The molecule has 0 bridgehead atoms. The minimum atomic E-state index is 0.0806. The monoisotopic (exact) mass is 430 g/mol. The molecule has 2 aromatic carbocycles. The topological polar surface area (TPSA) is 126 Å². The highest BCUT2D eigenvalue weighted by molar-refractivity contribution is 5.99. The van der Waals surface area contributed by atoms with E-state index in [0.29, 0.717) is 0 Å². The first kappa shape index (κ1) is 21.7. The Morgan fingerprint density at radius 1 is 0.594 bits per heavy atom. The maximum absolute atomic E-state index is 7.55. The van der Waals surface area contributed by atoms with Crippen molar-refractivity contribution in [2.75, 3.05) is 0 Å². The molecule has 4 aromatic rings. The lowest BCUT2D eigenvalue weighted by molar-refractivity contribution is 0.508. The quantitative estimate of drug-likeness (QED) is 0.135. The maximum atomic E-state index is 7.55. The number of benzene rings is 2. The van der Waals surface area contributed by atoms with Crippen LogP contribution in [0.2, 0.25) is 0 Å². The fourth-order valence-corrected chi connectivity index (χ4v) is 4.08. The first-order chi connectivity index (χ1) is 15.5. The highest BCUT2D eigenvalue weighted by Crippen LogP contribution is 2.24. The van der Waals surface area contributed by atoms with Gasteiger partial charge < -0.3 is 20.3 Å². The number of aryl methyl sites for hydroxylation is 2. The molecule has 6 N–H and O–H groups in total. The second-order valence-corrected chi connectivity index (χ2v) is 8.38. The molecular formula is C26H30N4O2. The van der Waals surface area contributed by atoms with Crippen LogP contribution in [-0.2, 0) is 12.8 Å². The average molecular weight is 431 g/mol. The van der Waals surface area contributed by atoms with Crippen molar-refractivity contribution in [1.29, 1.82) is 10.8 Å². The van der Waals surface area contributed by atoms with Gasteiger partial charge in [0.1, 0.15) is 34.4 Å². The first-order valence-electron chi connectivity index (χ1n) is 11.2. The van der Waals surface area contributed by atoms with E-state index in [9.17, 15) is 0 Å². The fourth-order valence-electron chi connectivity index (χ4n) is 4.08. The van der Waals surface area contributed by atoms with Gasteiger partial charge in [-0.1, -0.05) is 25.7 Å². The molecule has 166 valence electrons. The second kappa shape index (κ2) is 9.73. The van der Waals surface area contributed by atoms with Gasteiger partial charge in [0.25, 0.3) is 0 Å². The number of hydrogen-bond donors (Lipinski definition) is 4. The van der Waals surface area contributed by atoms with Crippen LogP contribution in [0.25, 0.3) is 21.9 Å². The molecule has 0 fully saturated rings. The van der Waals surface area contributed by atoms with E-state index in [1.54, 1.807) is 0 Å². The van der Waals surface area contributed by atoms with Gasteiger partial charge in [0.2, 0.25) is 0 Å². The Kier molecular flexibility index (Phi) is 6.59. The Balaban J connectivity index is 1.14. The summed E-state index contributed by atoms with van der Waals surface area (Å²) in [4.78, 5) is 0. The number of nitrogen functional groups attached to an aromatic ring is 2. The van der Waals surface area contributed by atoms with Crippen LogP contribution in [-0.4, -0.2) is 11.7 Å². The second-order valence-electron chi connectivity index (χ2n) is 8.38. The van der Waals surface area contributed by atoms with Crippen molar-refractivity contribution < 1.29 is 8.83 Å². The molecule has 0 aliphatic carbocycles. The summed E-state index contributed by atoms with van der Waals surface area (Å²) in [5.74, 6) is 2.16. The Morgan fingerprint density at radius 2 is 1.00 bits per heavy atom. The number of hydrogen-bond acceptors (Lipinski definition) is 4. The van der Waals surface area contributed by atoms with E-state index in [1.165, 1.54) is 25.7 Å². The van der Waals surface area contributed by atoms with Crippen LogP contribution in [0.1, 0.15) is 61.2 Å². The smallest absolute Gasteiger partial charge is 0.134 e. The van der Waals surface area contributed by atoms with Crippen molar-refractivity contribution >= 4 is 33.6 Å². The third-order valence-electron chi connectivity index (χ3n) is 5.85. The van der Waals surface area contributed by atoms with E-state index >= 15 is 0 Å².